The number of urea groups is 1. The third-order valence-electron chi connectivity index (χ3n) is 4.02. The Hall–Kier alpha value is -2.80. The molecule has 1 heterocycles. The number of amides is 2. The van der Waals surface area contributed by atoms with E-state index in [0.29, 0.717) is 11.4 Å². The first-order valence-corrected chi connectivity index (χ1v) is 8.13. The minimum absolute atomic E-state index is 0.268. The number of benzene rings is 2. The van der Waals surface area contributed by atoms with E-state index in [9.17, 15) is 9.18 Å². The average Bonchev–Trinajstić information content (AvgIpc) is 2.64. The minimum atomic E-state index is -0.425. The fourth-order valence-corrected chi connectivity index (χ4v) is 2.73. The van der Waals surface area contributed by atoms with Gasteiger partial charge in [0.1, 0.15) is 11.6 Å². The highest BCUT2D eigenvalue weighted by molar-refractivity contribution is 6.00. The van der Waals surface area contributed by atoms with Crippen molar-refractivity contribution in [3.63, 3.8) is 0 Å². The van der Waals surface area contributed by atoms with E-state index in [1.54, 1.807) is 0 Å². The first kappa shape index (κ1) is 17.0. The Labute approximate surface area is 146 Å². The van der Waals surface area contributed by atoms with Crippen LogP contribution >= 0.6 is 0 Å². The molecule has 0 spiro atoms. The van der Waals surface area contributed by atoms with Crippen LogP contribution in [0.3, 0.4) is 0 Å². The molecule has 6 nitrogen and oxygen atoms in total. The van der Waals surface area contributed by atoms with Gasteiger partial charge in [0.2, 0.25) is 0 Å². The molecule has 0 bridgehead atoms. The maximum absolute atomic E-state index is 13.2. The molecule has 1 fully saturated rings. The van der Waals surface area contributed by atoms with Crippen LogP contribution in [0.2, 0.25) is 0 Å². The van der Waals surface area contributed by atoms with Crippen LogP contribution in [-0.2, 0) is 0 Å². The summed E-state index contributed by atoms with van der Waals surface area (Å²) in [6, 6.07) is 11.2. The summed E-state index contributed by atoms with van der Waals surface area (Å²) in [4.78, 5) is 14.4. The lowest BCUT2D eigenvalue weighted by Crippen LogP contribution is -2.43. The molecule has 3 rings (SSSR count). The molecular formula is C18H21FN4O2. The standard InChI is InChI=1S/C18H21FN4O2/c1-25-17-12-13(19)2-7-16(17)22-18(24)21-14-3-5-15(6-4-14)23-10-8-20-9-11-23/h2-7,12,20H,8-11H2,1H3,(H2,21,22,24). The summed E-state index contributed by atoms with van der Waals surface area (Å²) < 4.78 is 18.3. The van der Waals surface area contributed by atoms with E-state index in [4.69, 9.17) is 4.74 Å². The van der Waals surface area contributed by atoms with Crippen molar-refractivity contribution >= 4 is 23.1 Å². The van der Waals surface area contributed by atoms with E-state index in [0.717, 1.165) is 31.9 Å². The number of hydrogen-bond acceptors (Lipinski definition) is 4. The molecule has 1 aliphatic heterocycles. The summed E-state index contributed by atoms with van der Waals surface area (Å²) in [5.41, 5.74) is 2.21. The lowest BCUT2D eigenvalue weighted by molar-refractivity contribution is 0.262. The Bertz CT molecular complexity index is 730. The van der Waals surface area contributed by atoms with E-state index in [-0.39, 0.29) is 5.75 Å². The summed E-state index contributed by atoms with van der Waals surface area (Å²) >= 11 is 0. The summed E-state index contributed by atoms with van der Waals surface area (Å²) in [5, 5.41) is 8.73. The lowest BCUT2D eigenvalue weighted by atomic mass is 10.2. The van der Waals surface area contributed by atoms with Crippen LogP contribution in [0.25, 0.3) is 0 Å². The van der Waals surface area contributed by atoms with Gasteiger partial charge in [-0.2, -0.15) is 0 Å². The number of hydrogen-bond donors (Lipinski definition) is 3. The molecule has 0 radical (unpaired) electrons. The molecule has 132 valence electrons. The van der Waals surface area contributed by atoms with Gasteiger partial charge in [0.05, 0.1) is 12.8 Å². The monoisotopic (exact) mass is 344 g/mol. The van der Waals surface area contributed by atoms with E-state index >= 15 is 0 Å². The van der Waals surface area contributed by atoms with Crippen molar-refractivity contribution in [1.29, 1.82) is 0 Å². The lowest BCUT2D eigenvalue weighted by Gasteiger charge is -2.29. The quantitative estimate of drug-likeness (QED) is 0.798. The fraction of sp³-hybridized carbons (Fsp3) is 0.278. The van der Waals surface area contributed by atoms with Crippen molar-refractivity contribution in [1.82, 2.24) is 5.32 Å². The van der Waals surface area contributed by atoms with Crippen molar-refractivity contribution in [2.45, 2.75) is 0 Å². The highest BCUT2D eigenvalue weighted by atomic mass is 19.1. The Morgan fingerprint density at radius 3 is 2.52 bits per heavy atom. The van der Waals surface area contributed by atoms with E-state index in [2.05, 4.69) is 20.9 Å². The number of rotatable bonds is 4. The van der Waals surface area contributed by atoms with Crippen LogP contribution in [0.15, 0.2) is 42.5 Å². The topological polar surface area (TPSA) is 65.6 Å². The molecule has 2 aromatic rings. The third-order valence-corrected chi connectivity index (χ3v) is 4.02. The Kier molecular flexibility index (Phi) is 5.35. The summed E-state index contributed by atoms with van der Waals surface area (Å²) in [7, 11) is 1.42. The van der Waals surface area contributed by atoms with Gasteiger partial charge in [-0.1, -0.05) is 0 Å². The van der Waals surface area contributed by atoms with Gasteiger partial charge in [-0.05, 0) is 36.4 Å². The molecule has 0 atom stereocenters. The van der Waals surface area contributed by atoms with Crippen molar-refractivity contribution in [3.8, 4) is 5.75 Å². The largest absolute Gasteiger partial charge is 0.494 e. The Morgan fingerprint density at radius 2 is 1.84 bits per heavy atom. The van der Waals surface area contributed by atoms with Crippen molar-refractivity contribution in [2.75, 3.05) is 48.8 Å². The van der Waals surface area contributed by atoms with Crippen LogP contribution < -0.4 is 25.6 Å². The highest BCUT2D eigenvalue weighted by Gasteiger charge is 2.11. The Morgan fingerprint density at radius 1 is 1.12 bits per heavy atom. The molecule has 3 N–H and O–H groups in total. The van der Waals surface area contributed by atoms with Crippen LogP contribution in [0.4, 0.5) is 26.2 Å². The molecular weight excluding hydrogens is 323 g/mol. The summed E-state index contributed by atoms with van der Waals surface area (Å²) in [6.07, 6.45) is 0. The molecule has 0 aromatic heterocycles. The van der Waals surface area contributed by atoms with E-state index in [1.165, 1.54) is 25.3 Å². The smallest absolute Gasteiger partial charge is 0.323 e. The van der Waals surface area contributed by atoms with Gasteiger partial charge >= 0.3 is 6.03 Å². The number of ether oxygens (including phenoxy) is 1. The van der Waals surface area contributed by atoms with Gasteiger partial charge in [0.25, 0.3) is 0 Å². The maximum Gasteiger partial charge on any atom is 0.323 e. The van der Waals surface area contributed by atoms with Gasteiger partial charge in [0, 0.05) is 43.6 Å². The average molecular weight is 344 g/mol. The first-order chi connectivity index (χ1) is 12.2. The number of carbonyl (C=O) groups excluding carboxylic acids is 1. The first-order valence-electron chi connectivity index (χ1n) is 8.13. The zero-order chi connectivity index (χ0) is 17.6. The number of anilines is 3. The number of piperazine rings is 1. The Balaban J connectivity index is 1.61. The normalized spacial score (nSPS) is 14.1. The molecule has 0 aliphatic carbocycles. The highest BCUT2D eigenvalue weighted by Crippen LogP contribution is 2.25. The minimum Gasteiger partial charge on any atom is -0.494 e. The molecule has 1 saturated heterocycles. The predicted octanol–water partition coefficient (Wildman–Crippen LogP) is 2.89. The number of carbonyl (C=O) groups is 1. The molecule has 2 aromatic carbocycles. The van der Waals surface area contributed by atoms with E-state index < -0.39 is 11.8 Å². The van der Waals surface area contributed by atoms with Crippen LogP contribution in [0.1, 0.15) is 0 Å². The van der Waals surface area contributed by atoms with Crippen molar-refractivity contribution in [3.05, 3.63) is 48.3 Å². The number of halogens is 1. The van der Waals surface area contributed by atoms with Crippen LogP contribution in [-0.4, -0.2) is 39.3 Å². The summed E-state index contributed by atoms with van der Waals surface area (Å²) in [5.74, 6) is -0.157. The second-order valence-corrected chi connectivity index (χ2v) is 5.71. The van der Waals surface area contributed by atoms with Crippen LogP contribution in [0.5, 0.6) is 5.75 Å². The second-order valence-electron chi connectivity index (χ2n) is 5.71. The van der Waals surface area contributed by atoms with Gasteiger partial charge in [-0.3, -0.25) is 0 Å². The second kappa shape index (κ2) is 7.85. The molecule has 2 amide bonds. The van der Waals surface area contributed by atoms with Crippen molar-refractivity contribution < 1.29 is 13.9 Å². The molecule has 25 heavy (non-hydrogen) atoms. The third kappa shape index (κ3) is 4.39. The number of methoxy groups -OCH3 is 1. The van der Waals surface area contributed by atoms with E-state index in [1.807, 2.05) is 24.3 Å². The molecule has 0 unspecified atom stereocenters. The zero-order valence-corrected chi connectivity index (χ0v) is 14.0. The number of nitrogens with zero attached hydrogens (tertiary/aromatic N) is 1. The molecule has 1 aliphatic rings. The predicted molar refractivity (Wildman–Crippen MR) is 97.1 cm³/mol. The van der Waals surface area contributed by atoms with Gasteiger partial charge in [0.15, 0.2) is 0 Å². The fourth-order valence-electron chi connectivity index (χ4n) is 2.73. The van der Waals surface area contributed by atoms with Crippen molar-refractivity contribution in [2.24, 2.45) is 0 Å². The summed E-state index contributed by atoms with van der Waals surface area (Å²) in [6.45, 7) is 3.89. The zero-order valence-electron chi connectivity index (χ0n) is 14.0. The SMILES string of the molecule is COc1cc(F)ccc1NC(=O)Nc1ccc(N2CCNCC2)cc1. The number of nitrogens with one attached hydrogen (secondary N) is 3. The van der Waals surface area contributed by atoms with Gasteiger partial charge < -0.3 is 25.6 Å². The van der Waals surface area contributed by atoms with Crippen LogP contribution in [0, 0.1) is 5.82 Å². The molecule has 7 heteroatoms. The van der Waals surface area contributed by atoms with Gasteiger partial charge in [-0.15, -0.1) is 0 Å². The maximum atomic E-state index is 13.2. The molecule has 0 saturated carbocycles. The van der Waals surface area contributed by atoms with Gasteiger partial charge in [-0.25, -0.2) is 9.18 Å².